The van der Waals surface area contributed by atoms with Crippen molar-refractivity contribution in [2.75, 3.05) is 33.8 Å². The van der Waals surface area contributed by atoms with Gasteiger partial charge in [-0.25, -0.2) is 9.78 Å². The number of hydrogen-bond donors (Lipinski definition) is 0. The second-order valence-electron chi connectivity index (χ2n) is 7.29. The normalized spacial score (nSPS) is 16.8. The van der Waals surface area contributed by atoms with Gasteiger partial charge in [-0.15, -0.1) is 0 Å². The number of rotatable bonds is 7. The van der Waals surface area contributed by atoms with E-state index >= 15 is 0 Å². The number of benzene rings is 1. The molecule has 0 spiro atoms. The zero-order valence-corrected chi connectivity index (χ0v) is 16.9. The van der Waals surface area contributed by atoms with Gasteiger partial charge in [0.05, 0.1) is 18.4 Å². The highest BCUT2D eigenvalue weighted by Gasteiger charge is 2.29. The van der Waals surface area contributed by atoms with Crippen molar-refractivity contribution in [3.63, 3.8) is 0 Å². The lowest BCUT2D eigenvalue weighted by Crippen LogP contribution is -2.28. The third kappa shape index (κ3) is 4.42. The first-order chi connectivity index (χ1) is 13.4. The van der Waals surface area contributed by atoms with Gasteiger partial charge in [-0.1, -0.05) is 0 Å². The van der Waals surface area contributed by atoms with Crippen LogP contribution < -0.4 is 0 Å². The summed E-state index contributed by atoms with van der Waals surface area (Å²) in [5, 5.41) is 0. The van der Waals surface area contributed by atoms with Crippen molar-refractivity contribution in [3.8, 4) is 11.5 Å². The number of oxazole rings is 1. The van der Waals surface area contributed by atoms with Gasteiger partial charge in [0.1, 0.15) is 5.76 Å². The molecule has 7 nitrogen and oxygen atoms in total. The highest BCUT2D eigenvalue weighted by molar-refractivity contribution is 5.89. The molecule has 0 saturated carbocycles. The Labute approximate surface area is 165 Å². The van der Waals surface area contributed by atoms with E-state index in [1.807, 2.05) is 25.8 Å². The molecule has 1 aromatic heterocycles. The molecule has 1 amide bonds. The third-order valence-electron chi connectivity index (χ3n) is 5.11. The Morgan fingerprint density at radius 1 is 1.36 bits per heavy atom. The molecule has 28 heavy (non-hydrogen) atoms. The van der Waals surface area contributed by atoms with Gasteiger partial charge in [0.25, 0.3) is 0 Å². The van der Waals surface area contributed by atoms with Crippen molar-refractivity contribution < 1.29 is 18.7 Å². The van der Waals surface area contributed by atoms with Crippen LogP contribution in [0, 0.1) is 12.8 Å². The maximum atomic E-state index is 11.9. The fraction of sp³-hybridized carbons (Fsp3) is 0.476. The summed E-state index contributed by atoms with van der Waals surface area (Å²) in [7, 11) is 3.40. The predicted molar refractivity (Wildman–Crippen MR) is 105 cm³/mol. The zero-order valence-electron chi connectivity index (χ0n) is 16.9. The summed E-state index contributed by atoms with van der Waals surface area (Å²) < 4.78 is 10.5. The second kappa shape index (κ2) is 8.56. The van der Waals surface area contributed by atoms with Gasteiger partial charge in [0.15, 0.2) is 0 Å². The van der Waals surface area contributed by atoms with Crippen LogP contribution >= 0.6 is 0 Å². The SMILES string of the molecule is CCN1CC(CN(C)Cc2nc(-c3ccc(C(=O)OC)cc3)oc2C)CC1=O. The molecule has 0 bridgehead atoms. The molecule has 1 aliphatic rings. The minimum atomic E-state index is -0.371. The third-order valence-corrected chi connectivity index (χ3v) is 5.11. The summed E-state index contributed by atoms with van der Waals surface area (Å²) in [4.78, 5) is 32.2. The lowest BCUT2D eigenvalue weighted by atomic mass is 10.1. The molecule has 0 radical (unpaired) electrons. The predicted octanol–water partition coefficient (Wildman–Crippen LogP) is 2.74. The standard InChI is InChI=1S/C21H27N3O4/c1-5-24-12-15(10-19(24)25)11-23(3)13-18-14(2)28-20(22-18)16-6-8-17(9-7-16)21(26)27-4/h6-9,15H,5,10-13H2,1-4H3. The number of esters is 1. The molecule has 1 fully saturated rings. The highest BCUT2D eigenvalue weighted by atomic mass is 16.5. The molecular formula is C21H27N3O4. The van der Waals surface area contributed by atoms with Gasteiger partial charge in [-0.3, -0.25) is 4.79 Å². The molecule has 0 aliphatic carbocycles. The Morgan fingerprint density at radius 2 is 2.07 bits per heavy atom. The van der Waals surface area contributed by atoms with E-state index in [0.29, 0.717) is 30.3 Å². The average molecular weight is 385 g/mol. The van der Waals surface area contributed by atoms with Crippen molar-refractivity contribution >= 4 is 11.9 Å². The van der Waals surface area contributed by atoms with Crippen LogP contribution in [0.2, 0.25) is 0 Å². The van der Waals surface area contributed by atoms with Gasteiger partial charge >= 0.3 is 5.97 Å². The Kier molecular flexibility index (Phi) is 6.14. The van der Waals surface area contributed by atoms with Crippen molar-refractivity contribution in [3.05, 3.63) is 41.3 Å². The number of methoxy groups -OCH3 is 1. The summed E-state index contributed by atoms with van der Waals surface area (Å²) >= 11 is 0. The van der Waals surface area contributed by atoms with Crippen LogP contribution in [0.1, 0.15) is 35.2 Å². The van der Waals surface area contributed by atoms with Crippen molar-refractivity contribution in [1.82, 2.24) is 14.8 Å². The summed E-state index contributed by atoms with van der Waals surface area (Å²) in [6.07, 6.45) is 0.619. The molecule has 2 heterocycles. The fourth-order valence-corrected chi connectivity index (χ4v) is 3.61. The highest BCUT2D eigenvalue weighted by Crippen LogP contribution is 2.24. The Balaban J connectivity index is 1.64. The van der Waals surface area contributed by atoms with Crippen molar-refractivity contribution in [2.24, 2.45) is 5.92 Å². The first-order valence-electron chi connectivity index (χ1n) is 9.52. The van der Waals surface area contributed by atoms with Crippen LogP contribution in [0.15, 0.2) is 28.7 Å². The number of aromatic nitrogens is 1. The first-order valence-corrected chi connectivity index (χ1v) is 9.52. The van der Waals surface area contributed by atoms with E-state index in [4.69, 9.17) is 9.15 Å². The first kappa shape index (κ1) is 20.1. The molecule has 1 unspecified atom stereocenters. The Morgan fingerprint density at radius 3 is 2.68 bits per heavy atom. The van der Waals surface area contributed by atoms with E-state index in [-0.39, 0.29) is 11.9 Å². The van der Waals surface area contributed by atoms with Crippen LogP contribution in [-0.2, 0) is 16.1 Å². The topological polar surface area (TPSA) is 75.9 Å². The second-order valence-corrected chi connectivity index (χ2v) is 7.29. The van der Waals surface area contributed by atoms with Gasteiger partial charge in [0, 0.05) is 38.2 Å². The molecular weight excluding hydrogens is 358 g/mol. The number of carbonyl (C=O) groups excluding carboxylic acids is 2. The van der Waals surface area contributed by atoms with Crippen LogP contribution in [0.4, 0.5) is 0 Å². The lowest BCUT2D eigenvalue weighted by Gasteiger charge is -2.20. The van der Waals surface area contributed by atoms with Crippen LogP contribution in [0.3, 0.4) is 0 Å². The molecule has 1 atom stereocenters. The minimum Gasteiger partial charge on any atom is -0.465 e. The summed E-state index contributed by atoms with van der Waals surface area (Å²) in [5.41, 5.74) is 2.18. The largest absolute Gasteiger partial charge is 0.465 e. The van der Waals surface area contributed by atoms with E-state index in [9.17, 15) is 9.59 Å². The van der Waals surface area contributed by atoms with E-state index < -0.39 is 0 Å². The minimum absolute atomic E-state index is 0.246. The summed E-state index contributed by atoms with van der Waals surface area (Å²) in [6, 6.07) is 7.00. The Bertz CT molecular complexity index is 844. The number of ether oxygens (including phenoxy) is 1. The number of amides is 1. The number of likely N-dealkylation sites (tertiary alicyclic amines) is 1. The number of aryl methyl sites for hydroxylation is 1. The van der Waals surface area contributed by atoms with Gasteiger partial charge in [-0.05, 0) is 51.1 Å². The molecule has 1 aliphatic heterocycles. The van der Waals surface area contributed by atoms with Crippen LogP contribution in [-0.4, -0.2) is 60.5 Å². The van der Waals surface area contributed by atoms with Crippen molar-refractivity contribution in [1.29, 1.82) is 0 Å². The number of hydrogen-bond acceptors (Lipinski definition) is 6. The van der Waals surface area contributed by atoms with Gasteiger partial charge < -0.3 is 19.0 Å². The van der Waals surface area contributed by atoms with Gasteiger partial charge in [0.2, 0.25) is 11.8 Å². The molecule has 1 saturated heterocycles. The quantitative estimate of drug-likeness (QED) is 0.682. The van der Waals surface area contributed by atoms with Crippen LogP contribution in [0.5, 0.6) is 0 Å². The number of carbonyl (C=O) groups is 2. The Hall–Kier alpha value is -2.67. The monoisotopic (exact) mass is 385 g/mol. The molecule has 2 aromatic rings. The zero-order chi connectivity index (χ0) is 20.3. The summed E-state index contributed by atoms with van der Waals surface area (Å²) in [5.74, 6) is 1.54. The molecule has 7 heteroatoms. The lowest BCUT2D eigenvalue weighted by molar-refractivity contribution is -0.127. The molecule has 0 N–H and O–H groups in total. The number of nitrogens with zero attached hydrogens (tertiary/aromatic N) is 3. The maximum absolute atomic E-state index is 11.9. The molecule has 1 aromatic carbocycles. The molecule has 3 rings (SSSR count). The average Bonchev–Trinajstić information content (AvgIpc) is 3.23. The molecule has 150 valence electrons. The fourth-order valence-electron chi connectivity index (χ4n) is 3.61. The van der Waals surface area contributed by atoms with E-state index in [1.165, 1.54) is 7.11 Å². The van der Waals surface area contributed by atoms with Gasteiger partial charge in [-0.2, -0.15) is 0 Å². The maximum Gasteiger partial charge on any atom is 0.337 e. The van der Waals surface area contributed by atoms with Crippen molar-refractivity contribution in [2.45, 2.75) is 26.8 Å². The van der Waals surface area contributed by atoms with E-state index in [2.05, 4.69) is 9.88 Å². The smallest absolute Gasteiger partial charge is 0.337 e. The van der Waals surface area contributed by atoms with Crippen LogP contribution in [0.25, 0.3) is 11.5 Å². The van der Waals surface area contributed by atoms with E-state index in [0.717, 1.165) is 36.7 Å². The summed E-state index contributed by atoms with van der Waals surface area (Å²) in [6.45, 7) is 7.03. The van der Waals surface area contributed by atoms with E-state index in [1.54, 1.807) is 24.3 Å².